The highest BCUT2D eigenvalue weighted by Crippen LogP contribution is 2.31. The summed E-state index contributed by atoms with van der Waals surface area (Å²) in [4.78, 5) is 15.0. The van der Waals surface area contributed by atoms with Crippen LogP contribution in [0.3, 0.4) is 0 Å². The van der Waals surface area contributed by atoms with Gasteiger partial charge in [-0.15, -0.1) is 0 Å². The fourth-order valence-electron chi connectivity index (χ4n) is 4.39. The minimum atomic E-state index is -3.74. The zero-order chi connectivity index (χ0) is 24.7. The summed E-state index contributed by atoms with van der Waals surface area (Å²) in [5, 5.41) is 23.9. The largest absolute Gasteiger partial charge is 0.478 e. The van der Waals surface area contributed by atoms with Crippen molar-refractivity contribution in [1.82, 2.24) is 9.29 Å². The maximum atomic E-state index is 13.3. The monoisotopic (exact) mass is 555 g/mol. The normalized spacial score (nSPS) is 15.0. The van der Waals surface area contributed by atoms with E-state index < -0.39 is 22.2 Å². The van der Waals surface area contributed by atoms with Gasteiger partial charge in [-0.3, -0.25) is 0 Å². The van der Waals surface area contributed by atoms with E-state index in [9.17, 15) is 23.4 Å². The van der Waals surface area contributed by atoms with E-state index in [4.69, 9.17) is 0 Å². The standard InChI is InChI=1S/C25H22BrN3O5S/c26-16-7-10-22(20(13-16)25(31)32)28-24(30)15-5-8-17(9-6-15)35(33,34)29-12-11-19-18-3-1-2-4-21(18)27-23(19)14-29/h1-10,13,24,27-28,30H,11-12,14H2,(H,31,32). The molecule has 35 heavy (non-hydrogen) atoms. The van der Waals surface area contributed by atoms with Gasteiger partial charge in [0.1, 0.15) is 0 Å². The number of carbonyl (C=O) groups is 1. The zero-order valence-electron chi connectivity index (χ0n) is 18.4. The van der Waals surface area contributed by atoms with Crippen molar-refractivity contribution >= 4 is 48.5 Å². The van der Waals surface area contributed by atoms with Crippen LogP contribution in [0.2, 0.25) is 0 Å². The molecule has 0 aliphatic carbocycles. The van der Waals surface area contributed by atoms with Crippen LogP contribution in [0.25, 0.3) is 10.9 Å². The fourth-order valence-corrected chi connectivity index (χ4v) is 6.16. The Kier molecular flexibility index (Phi) is 6.14. The Hall–Kier alpha value is -3.18. The van der Waals surface area contributed by atoms with Gasteiger partial charge in [-0.25, -0.2) is 13.2 Å². The van der Waals surface area contributed by atoms with Crippen LogP contribution in [0.4, 0.5) is 5.69 Å². The van der Waals surface area contributed by atoms with Crippen molar-refractivity contribution in [3.63, 3.8) is 0 Å². The van der Waals surface area contributed by atoms with Crippen molar-refractivity contribution in [3.05, 3.63) is 93.6 Å². The number of aromatic carboxylic acids is 1. The van der Waals surface area contributed by atoms with Gasteiger partial charge >= 0.3 is 5.97 Å². The number of carboxylic acid groups (broad SMARTS) is 1. The molecule has 3 aromatic carbocycles. The van der Waals surface area contributed by atoms with E-state index in [1.165, 1.54) is 34.6 Å². The van der Waals surface area contributed by atoms with E-state index >= 15 is 0 Å². The lowest BCUT2D eigenvalue weighted by atomic mass is 10.1. The lowest BCUT2D eigenvalue weighted by Crippen LogP contribution is -2.35. The van der Waals surface area contributed by atoms with Gasteiger partial charge in [-0.05, 0) is 48.4 Å². The van der Waals surface area contributed by atoms with Gasteiger partial charge in [0.05, 0.1) is 22.7 Å². The number of sulfonamides is 1. The molecule has 4 N–H and O–H groups in total. The van der Waals surface area contributed by atoms with Gasteiger partial charge in [0.2, 0.25) is 10.0 Å². The lowest BCUT2D eigenvalue weighted by molar-refractivity contribution is 0.0697. The van der Waals surface area contributed by atoms with E-state index in [-0.39, 0.29) is 22.7 Å². The number of aromatic nitrogens is 1. The Morgan fingerprint density at radius 1 is 1.09 bits per heavy atom. The Labute approximate surface area is 210 Å². The number of rotatable bonds is 6. The van der Waals surface area contributed by atoms with Gasteiger partial charge < -0.3 is 20.5 Å². The molecule has 0 spiro atoms. The fraction of sp³-hybridized carbons (Fsp3) is 0.160. The van der Waals surface area contributed by atoms with Crippen molar-refractivity contribution in [2.45, 2.75) is 24.1 Å². The predicted octanol–water partition coefficient (Wildman–Crippen LogP) is 4.48. The first kappa shape index (κ1) is 23.6. The third-order valence-electron chi connectivity index (χ3n) is 6.19. The number of benzene rings is 3. The van der Waals surface area contributed by atoms with Crippen molar-refractivity contribution in [3.8, 4) is 0 Å². The van der Waals surface area contributed by atoms with Crippen molar-refractivity contribution in [2.75, 3.05) is 11.9 Å². The van der Waals surface area contributed by atoms with Gasteiger partial charge in [0, 0.05) is 33.2 Å². The minimum absolute atomic E-state index is 0.000863. The molecule has 1 aliphatic rings. The second-order valence-electron chi connectivity index (χ2n) is 8.33. The van der Waals surface area contributed by atoms with Crippen LogP contribution in [0.15, 0.2) is 76.1 Å². The Bertz CT molecular complexity index is 1530. The van der Waals surface area contributed by atoms with Crippen molar-refractivity contribution < 1.29 is 23.4 Å². The first-order valence-corrected chi connectivity index (χ1v) is 13.1. The second kappa shape index (κ2) is 9.12. The minimum Gasteiger partial charge on any atom is -0.478 e. The summed E-state index contributed by atoms with van der Waals surface area (Å²) < 4.78 is 28.7. The van der Waals surface area contributed by atoms with Crippen LogP contribution in [-0.4, -0.2) is 40.4 Å². The van der Waals surface area contributed by atoms with Crippen LogP contribution in [0.5, 0.6) is 0 Å². The summed E-state index contributed by atoms with van der Waals surface area (Å²) in [6, 6.07) is 18.5. The number of anilines is 1. The number of nitrogens with one attached hydrogen (secondary N) is 2. The Balaban J connectivity index is 1.34. The lowest BCUT2D eigenvalue weighted by Gasteiger charge is -2.26. The Morgan fingerprint density at radius 2 is 1.83 bits per heavy atom. The smallest absolute Gasteiger partial charge is 0.337 e. The summed E-state index contributed by atoms with van der Waals surface area (Å²) >= 11 is 3.24. The van der Waals surface area contributed by atoms with Gasteiger partial charge in [-0.2, -0.15) is 4.31 Å². The van der Waals surface area contributed by atoms with Crippen LogP contribution in [0.1, 0.15) is 33.4 Å². The molecule has 0 amide bonds. The number of aliphatic hydroxyl groups is 1. The molecular formula is C25H22BrN3O5S. The van der Waals surface area contributed by atoms with E-state index in [0.717, 1.165) is 22.2 Å². The number of carboxylic acids is 1. The number of aliphatic hydroxyl groups excluding tert-OH is 1. The van der Waals surface area contributed by atoms with E-state index in [1.54, 1.807) is 12.1 Å². The van der Waals surface area contributed by atoms with Gasteiger partial charge in [-0.1, -0.05) is 46.3 Å². The van der Waals surface area contributed by atoms with Crippen LogP contribution in [0, 0.1) is 0 Å². The quantitative estimate of drug-likeness (QED) is 0.260. The summed E-state index contributed by atoms with van der Waals surface area (Å²) in [7, 11) is -3.74. The number of hydrogen-bond donors (Lipinski definition) is 4. The average Bonchev–Trinajstić information content (AvgIpc) is 3.23. The third kappa shape index (κ3) is 4.45. The molecule has 8 nitrogen and oxygen atoms in total. The molecule has 4 aromatic rings. The summed E-state index contributed by atoms with van der Waals surface area (Å²) in [5.74, 6) is -1.14. The first-order valence-electron chi connectivity index (χ1n) is 10.9. The van der Waals surface area contributed by atoms with Gasteiger partial charge in [0.25, 0.3) is 0 Å². The molecule has 0 saturated heterocycles. The Morgan fingerprint density at radius 3 is 2.57 bits per heavy atom. The third-order valence-corrected chi connectivity index (χ3v) is 8.54. The maximum absolute atomic E-state index is 13.3. The topological polar surface area (TPSA) is 123 Å². The van der Waals surface area contributed by atoms with E-state index in [2.05, 4.69) is 26.2 Å². The first-order chi connectivity index (χ1) is 16.7. The second-order valence-corrected chi connectivity index (χ2v) is 11.2. The highest BCUT2D eigenvalue weighted by Gasteiger charge is 2.30. The number of hydrogen-bond acceptors (Lipinski definition) is 5. The highest BCUT2D eigenvalue weighted by atomic mass is 79.9. The summed E-state index contributed by atoms with van der Waals surface area (Å²) in [6.07, 6.45) is -0.604. The van der Waals surface area contributed by atoms with Crippen molar-refractivity contribution in [2.24, 2.45) is 0 Å². The molecular weight excluding hydrogens is 534 g/mol. The van der Waals surface area contributed by atoms with E-state index in [1.807, 2.05) is 24.3 Å². The number of aromatic amines is 1. The number of nitrogens with zero attached hydrogens (tertiary/aromatic N) is 1. The predicted molar refractivity (Wildman–Crippen MR) is 136 cm³/mol. The van der Waals surface area contributed by atoms with Crippen molar-refractivity contribution in [1.29, 1.82) is 0 Å². The molecule has 0 fully saturated rings. The van der Waals surface area contributed by atoms with E-state index in [0.29, 0.717) is 23.0 Å². The summed E-state index contributed by atoms with van der Waals surface area (Å²) in [5.41, 5.74) is 3.71. The summed E-state index contributed by atoms with van der Waals surface area (Å²) in [6.45, 7) is 0.643. The van der Waals surface area contributed by atoms with Crippen LogP contribution in [-0.2, 0) is 23.0 Å². The van der Waals surface area contributed by atoms with Gasteiger partial charge in [0.15, 0.2) is 6.23 Å². The molecule has 5 rings (SSSR count). The molecule has 180 valence electrons. The molecule has 0 saturated carbocycles. The van der Waals surface area contributed by atoms with Crippen LogP contribution >= 0.6 is 15.9 Å². The number of para-hydroxylation sites is 1. The molecule has 1 atom stereocenters. The molecule has 2 heterocycles. The maximum Gasteiger partial charge on any atom is 0.337 e. The number of H-pyrrole nitrogens is 1. The van der Waals surface area contributed by atoms with Crippen LogP contribution < -0.4 is 5.32 Å². The molecule has 1 aliphatic heterocycles. The molecule has 1 aromatic heterocycles. The number of halogens is 1. The highest BCUT2D eigenvalue weighted by molar-refractivity contribution is 9.10. The number of fused-ring (bicyclic) bond motifs is 3. The molecule has 10 heteroatoms. The SMILES string of the molecule is O=C(O)c1cc(Br)ccc1NC(O)c1ccc(S(=O)(=O)N2CCc3c([nH]c4ccccc34)C2)cc1. The zero-order valence-corrected chi connectivity index (χ0v) is 20.8. The molecule has 0 bridgehead atoms. The molecule has 1 unspecified atom stereocenters. The average molecular weight is 556 g/mol. The molecule has 0 radical (unpaired) electrons.